The molecule has 10 heavy (non-hydrogen) atoms. The molecule has 0 aromatic rings. The summed E-state index contributed by atoms with van der Waals surface area (Å²) >= 11 is 0. The average molecular weight is 237 g/mol. The fraction of sp³-hybridized carbons (Fsp3) is 1.00. The Hall–Kier alpha value is 1.26. The van der Waals surface area contributed by atoms with Gasteiger partial charge in [0, 0.05) is 38.2 Å². The molecule has 0 amide bonds. The van der Waals surface area contributed by atoms with Crippen molar-refractivity contribution in [1.29, 1.82) is 0 Å². The van der Waals surface area contributed by atoms with Crippen molar-refractivity contribution < 1.29 is 4.80 Å². The zero-order valence-corrected chi connectivity index (χ0v) is 13.8. The maximum absolute atomic E-state index is 9.85. The fourth-order valence-corrected chi connectivity index (χ4v) is 337. The van der Waals surface area contributed by atoms with Crippen molar-refractivity contribution in [3.63, 3.8) is 0 Å². The first-order valence-corrected chi connectivity index (χ1v) is 27.0. The van der Waals surface area contributed by atoms with Crippen LogP contribution in [0.1, 0.15) is 0 Å². The van der Waals surface area contributed by atoms with Gasteiger partial charge in [0.1, 0.15) is 8.08 Å². The molecule has 2 fully saturated rings. The van der Waals surface area contributed by atoms with E-state index in [1.54, 1.807) is 0 Å². The van der Waals surface area contributed by atoms with Crippen molar-refractivity contribution in [2.24, 2.45) is 0 Å². The lowest BCUT2D eigenvalue weighted by molar-refractivity contribution is 0.610. The lowest BCUT2D eigenvalue weighted by atomic mass is 11.9. The van der Waals surface area contributed by atoms with Gasteiger partial charge >= 0.3 is 0 Å². The van der Waals surface area contributed by atoms with Gasteiger partial charge in [-0.15, -0.1) is 0 Å². The maximum atomic E-state index is 9.85. The van der Waals surface area contributed by atoms with Crippen LogP contribution in [0.3, 0.4) is 0 Å². The van der Waals surface area contributed by atoms with Crippen LogP contribution in [-0.4, -0.2) is 51.1 Å². The highest BCUT2D eigenvalue weighted by atomic mass is 30.5. The first kappa shape index (κ1) is 7.89. The second-order valence-corrected chi connectivity index (χ2v) is 72.6. The molecule has 1 N–H and O–H groups in total. The highest BCUT2D eigenvalue weighted by Crippen LogP contribution is 2.29. The van der Waals surface area contributed by atoms with E-state index in [0.717, 1.165) is 0 Å². The van der Waals surface area contributed by atoms with Crippen LogP contribution in [-0.2, 0) is 0 Å². The van der Waals surface area contributed by atoms with Crippen molar-refractivity contribution in [2.45, 2.75) is 19.6 Å². The molecule has 0 aromatic carbocycles. The van der Waals surface area contributed by atoms with Crippen molar-refractivity contribution in [3.8, 4) is 0 Å². The molecule has 0 aliphatic carbocycles. The van der Waals surface area contributed by atoms with E-state index in [0.29, 0.717) is 0 Å². The first-order valence-electron chi connectivity index (χ1n) is 4.32. The average Bonchev–Trinajstić information content (AvgIpc) is 1.95. The van der Waals surface area contributed by atoms with Crippen molar-refractivity contribution >= 4 is 46.3 Å². The summed E-state index contributed by atoms with van der Waals surface area (Å²) in [5, 5.41) is 0. The summed E-state index contributed by atoms with van der Waals surface area (Å²) < 4.78 is 0. The van der Waals surface area contributed by atoms with Gasteiger partial charge < -0.3 is 4.80 Å². The Balaban J connectivity index is 2.07. The van der Waals surface area contributed by atoms with Crippen molar-refractivity contribution in [2.75, 3.05) is 0 Å². The Morgan fingerprint density at radius 2 is 1.30 bits per heavy atom. The Morgan fingerprint density at radius 3 is 1.80 bits per heavy atom. The Labute approximate surface area is 70.8 Å². The summed E-state index contributed by atoms with van der Waals surface area (Å²) in [4.78, 5) is 9.85. The second-order valence-electron chi connectivity index (χ2n) is 4.22. The van der Waals surface area contributed by atoms with Gasteiger partial charge in [-0.1, -0.05) is 19.6 Å². The topological polar surface area (TPSA) is 20.2 Å². The summed E-state index contributed by atoms with van der Waals surface area (Å²) in [6.07, 6.45) is 0. The number of fused-ring (bicyclic) bond motifs is 1. The fourth-order valence-electron chi connectivity index (χ4n) is 3.06. The summed E-state index contributed by atoms with van der Waals surface area (Å²) in [5.74, 6) is 0. The lowest BCUT2D eigenvalue weighted by Crippen LogP contribution is -2.97. The van der Waals surface area contributed by atoms with Crippen LogP contribution in [0.2, 0.25) is 19.6 Å². The standard InChI is InChI=1S/C3H16OSi6/c1-5-6(2)10-8(4)7(3)9(5)10/h4-10H,1-3H3. The number of hydrogen-bond acceptors (Lipinski definition) is 1. The zero-order chi connectivity index (χ0) is 7.46. The minimum Gasteiger partial charge on any atom is -0.442 e. The van der Waals surface area contributed by atoms with E-state index in [1.165, 1.54) is 0 Å². The van der Waals surface area contributed by atoms with Gasteiger partial charge in [-0.3, -0.25) is 0 Å². The Bertz CT molecular complexity index is 129. The van der Waals surface area contributed by atoms with Crippen LogP contribution in [0.5, 0.6) is 0 Å². The van der Waals surface area contributed by atoms with Crippen LogP contribution < -0.4 is 0 Å². The summed E-state index contributed by atoms with van der Waals surface area (Å²) in [6, 6.07) is 0. The first-order chi connectivity index (χ1) is 4.64. The number of hydrogen-bond donors (Lipinski definition) is 1. The Morgan fingerprint density at radius 1 is 0.800 bits per heavy atom. The predicted octanol–water partition coefficient (Wildman–Crippen LogP) is -2.70. The van der Waals surface area contributed by atoms with E-state index >= 15 is 0 Å². The summed E-state index contributed by atoms with van der Waals surface area (Å²) in [5.41, 5.74) is 0. The second kappa shape index (κ2) is 2.37. The minimum atomic E-state index is -0.789. The molecule has 6 unspecified atom stereocenters. The van der Waals surface area contributed by atoms with Crippen LogP contribution in [0.25, 0.3) is 0 Å². The quantitative estimate of drug-likeness (QED) is 0.454. The van der Waals surface area contributed by atoms with Crippen molar-refractivity contribution in [3.05, 3.63) is 0 Å². The molecule has 0 bridgehead atoms. The third-order valence-electron chi connectivity index (χ3n) is 4.03. The smallest absolute Gasteiger partial charge is 0.134 e. The maximum Gasteiger partial charge on any atom is 0.134 e. The minimum absolute atomic E-state index is 0.0389. The SMILES string of the molecule is C[SiH]1[SiH](C)[SiH]2[SiH](O)[SiH](C)[SiH]12. The molecular weight excluding hydrogens is 221 g/mol. The molecule has 2 aliphatic heterocycles. The highest BCUT2D eigenvalue weighted by molar-refractivity contribution is 8.26. The summed E-state index contributed by atoms with van der Waals surface area (Å²) in [7, 11) is -0.998. The van der Waals surface area contributed by atoms with E-state index in [4.69, 9.17) is 0 Å². The van der Waals surface area contributed by atoms with Gasteiger partial charge in [-0.2, -0.15) is 0 Å². The number of rotatable bonds is 0. The van der Waals surface area contributed by atoms with Gasteiger partial charge in [-0.05, 0) is 0 Å². The molecular formula is C3H16OSi6. The van der Waals surface area contributed by atoms with Gasteiger partial charge in [0.05, 0.1) is 0 Å². The normalized spacial score (nSPS) is 66.0. The molecule has 7 heteroatoms. The largest absolute Gasteiger partial charge is 0.442 e. The molecule has 58 valence electrons. The van der Waals surface area contributed by atoms with E-state index in [-0.39, 0.29) is 38.2 Å². The summed E-state index contributed by atoms with van der Waals surface area (Å²) in [6.45, 7) is 7.82. The molecule has 6 atom stereocenters. The van der Waals surface area contributed by atoms with Crippen LogP contribution >= 0.6 is 0 Å². The monoisotopic (exact) mass is 236 g/mol. The molecule has 2 aliphatic rings. The van der Waals surface area contributed by atoms with Gasteiger partial charge in [0.25, 0.3) is 0 Å². The van der Waals surface area contributed by atoms with Gasteiger partial charge in [0.15, 0.2) is 0 Å². The third kappa shape index (κ3) is 0.738. The van der Waals surface area contributed by atoms with Crippen LogP contribution in [0.15, 0.2) is 0 Å². The van der Waals surface area contributed by atoms with E-state index in [1.807, 2.05) is 0 Å². The lowest BCUT2D eigenvalue weighted by Gasteiger charge is -2.60. The van der Waals surface area contributed by atoms with E-state index < -0.39 is 8.08 Å². The van der Waals surface area contributed by atoms with E-state index in [9.17, 15) is 4.80 Å². The molecule has 2 heterocycles. The van der Waals surface area contributed by atoms with Crippen LogP contribution in [0, 0.1) is 0 Å². The molecule has 0 saturated carbocycles. The van der Waals surface area contributed by atoms with Crippen LogP contribution in [0.4, 0.5) is 0 Å². The Kier molecular flexibility index (Phi) is 1.87. The van der Waals surface area contributed by atoms with E-state index in [2.05, 4.69) is 19.6 Å². The molecule has 1 nitrogen and oxygen atoms in total. The molecule has 0 spiro atoms. The van der Waals surface area contributed by atoms with Gasteiger partial charge in [0.2, 0.25) is 0 Å². The molecule has 2 rings (SSSR count). The molecule has 2 saturated heterocycles. The van der Waals surface area contributed by atoms with Gasteiger partial charge in [-0.25, -0.2) is 0 Å². The highest BCUT2D eigenvalue weighted by Gasteiger charge is 2.64. The third-order valence-corrected chi connectivity index (χ3v) is 184. The molecule has 0 aromatic heterocycles. The zero-order valence-electron chi connectivity index (χ0n) is 6.91. The molecule has 0 radical (unpaired) electrons. The predicted molar refractivity (Wildman–Crippen MR) is 62.7 cm³/mol. The van der Waals surface area contributed by atoms with Crippen molar-refractivity contribution in [1.82, 2.24) is 0 Å².